The first-order chi connectivity index (χ1) is 13.0. The number of hydrogen-bond donors (Lipinski definition) is 2. The Morgan fingerprint density at radius 2 is 1.52 bits per heavy atom. The minimum Gasteiger partial charge on any atom is -0.455 e. The number of nitrogens with one attached hydrogen (secondary N) is 2. The molecule has 5 rings (SSSR count). The van der Waals surface area contributed by atoms with Crippen LogP contribution in [0.5, 0.6) is 0 Å². The summed E-state index contributed by atoms with van der Waals surface area (Å²) < 4.78 is 5.18. The van der Waals surface area contributed by atoms with Crippen molar-refractivity contribution in [2.75, 3.05) is 6.61 Å². The zero-order valence-corrected chi connectivity index (χ0v) is 15.4. The van der Waals surface area contributed by atoms with Crippen LogP contribution in [-0.2, 0) is 14.3 Å². The van der Waals surface area contributed by atoms with Gasteiger partial charge in [0.05, 0.1) is 6.42 Å². The van der Waals surface area contributed by atoms with E-state index in [-0.39, 0.29) is 18.0 Å². The minimum absolute atomic E-state index is 0.101. The second-order valence-corrected chi connectivity index (χ2v) is 8.62. The topological polar surface area (TPSA) is 84.5 Å². The van der Waals surface area contributed by atoms with Gasteiger partial charge in [0.15, 0.2) is 6.61 Å². The molecule has 0 radical (unpaired) electrons. The van der Waals surface area contributed by atoms with Crippen LogP contribution in [0, 0.1) is 23.2 Å². The molecule has 0 aromatic heterocycles. The van der Waals surface area contributed by atoms with Gasteiger partial charge < -0.3 is 4.74 Å². The van der Waals surface area contributed by atoms with Gasteiger partial charge in [0.25, 0.3) is 11.8 Å². The summed E-state index contributed by atoms with van der Waals surface area (Å²) in [5, 5.41) is 0. The number of hydrazine groups is 1. The molecular formula is C21H26N2O4. The Morgan fingerprint density at radius 3 is 2.11 bits per heavy atom. The van der Waals surface area contributed by atoms with Gasteiger partial charge in [-0.1, -0.05) is 18.2 Å². The smallest absolute Gasteiger partial charge is 0.306 e. The van der Waals surface area contributed by atoms with Crippen LogP contribution in [-0.4, -0.2) is 24.4 Å². The van der Waals surface area contributed by atoms with E-state index < -0.39 is 11.8 Å². The fourth-order valence-corrected chi connectivity index (χ4v) is 5.83. The zero-order valence-electron chi connectivity index (χ0n) is 15.4. The lowest BCUT2D eigenvalue weighted by Gasteiger charge is -2.56. The maximum Gasteiger partial charge on any atom is 0.306 e. The summed E-state index contributed by atoms with van der Waals surface area (Å²) in [6.07, 6.45) is 7.81. The van der Waals surface area contributed by atoms with E-state index in [1.54, 1.807) is 30.3 Å². The van der Waals surface area contributed by atoms with Crippen molar-refractivity contribution in [3.05, 3.63) is 35.9 Å². The number of hydrogen-bond acceptors (Lipinski definition) is 4. The first-order valence-corrected chi connectivity index (χ1v) is 9.81. The van der Waals surface area contributed by atoms with Crippen molar-refractivity contribution in [1.29, 1.82) is 0 Å². The molecule has 4 aliphatic carbocycles. The third kappa shape index (κ3) is 4.15. The van der Waals surface area contributed by atoms with Gasteiger partial charge in [-0.15, -0.1) is 0 Å². The highest BCUT2D eigenvalue weighted by Crippen LogP contribution is 2.61. The molecule has 0 unspecified atom stereocenters. The lowest BCUT2D eigenvalue weighted by Crippen LogP contribution is -2.47. The molecule has 4 aliphatic rings. The molecule has 1 aromatic carbocycles. The van der Waals surface area contributed by atoms with Gasteiger partial charge in [0, 0.05) is 5.56 Å². The van der Waals surface area contributed by atoms with Gasteiger partial charge in [0.2, 0.25) is 0 Å². The van der Waals surface area contributed by atoms with Gasteiger partial charge in [-0.25, -0.2) is 0 Å². The van der Waals surface area contributed by atoms with E-state index in [0.717, 1.165) is 37.0 Å². The molecule has 4 saturated carbocycles. The molecule has 144 valence electrons. The van der Waals surface area contributed by atoms with Crippen molar-refractivity contribution in [1.82, 2.24) is 10.9 Å². The van der Waals surface area contributed by atoms with Crippen molar-refractivity contribution in [2.45, 2.75) is 44.9 Å². The van der Waals surface area contributed by atoms with Crippen LogP contribution in [0.2, 0.25) is 0 Å². The average Bonchev–Trinajstić information content (AvgIpc) is 2.63. The summed E-state index contributed by atoms with van der Waals surface area (Å²) in [6, 6.07) is 8.57. The molecular weight excluding hydrogens is 344 g/mol. The fraction of sp³-hybridized carbons (Fsp3) is 0.571. The SMILES string of the molecule is O=C(COC(=O)CC12CC3CC(CC(C3)C1)C2)NNC(=O)c1ccccc1. The number of carbonyl (C=O) groups is 3. The van der Waals surface area contributed by atoms with Gasteiger partial charge in [-0.2, -0.15) is 0 Å². The lowest BCUT2D eigenvalue weighted by molar-refractivity contribution is -0.155. The van der Waals surface area contributed by atoms with E-state index in [1.807, 2.05) is 0 Å². The number of amides is 2. The Labute approximate surface area is 159 Å². The molecule has 0 atom stereocenters. The zero-order chi connectivity index (χ0) is 18.9. The highest BCUT2D eigenvalue weighted by molar-refractivity contribution is 5.95. The number of rotatable bonds is 5. The largest absolute Gasteiger partial charge is 0.455 e. The third-order valence-corrected chi connectivity index (χ3v) is 6.40. The van der Waals surface area contributed by atoms with Crippen LogP contribution in [0.25, 0.3) is 0 Å². The molecule has 0 heterocycles. The standard InChI is InChI=1S/C21H26N2O4/c24-18(22-23-20(26)17-4-2-1-3-5-17)13-27-19(25)12-21-9-14-6-15(10-21)8-16(7-14)11-21/h1-5,14-16H,6-13H2,(H,22,24)(H,23,26). The molecule has 6 heteroatoms. The van der Waals surface area contributed by atoms with Crippen molar-refractivity contribution in [3.8, 4) is 0 Å². The first kappa shape index (κ1) is 18.0. The van der Waals surface area contributed by atoms with Crippen LogP contribution >= 0.6 is 0 Å². The molecule has 0 spiro atoms. The minimum atomic E-state index is -0.543. The molecule has 6 nitrogen and oxygen atoms in total. The van der Waals surface area contributed by atoms with Gasteiger partial charge >= 0.3 is 5.97 Å². The highest BCUT2D eigenvalue weighted by Gasteiger charge is 2.51. The number of esters is 1. The Balaban J connectivity index is 1.20. The van der Waals surface area contributed by atoms with Crippen molar-refractivity contribution in [2.24, 2.45) is 23.2 Å². The third-order valence-electron chi connectivity index (χ3n) is 6.40. The van der Waals surface area contributed by atoms with Crippen LogP contribution in [0.4, 0.5) is 0 Å². The monoisotopic (exact) mass is 370 g/mol. The Morgan fingerprint density at radius 1 is 0.926 bits per heavy atom. The summed E-state index contributed by atoms with van der Waals surface area (Å²) in [5.74, 6) is 1.07. The van der Waals surface area contributed by atoms with Crippen LogP contribution in [0.3, 0.4) is 0 Å². The summed E-state index contributed by atoms with van der Waals surface area (Å²) in [5.41, 5.74) is 5.14. The number of ether oxygens (including phenoxy) is 1. The quantitative estimate of drug-likeness (QED) is 0.616. The average molecular weight is 370 g/mol. The second-order valence-electron chi connectivity index (χ2n) is 8.62. The Hall–Kier alpha value is -2.37. The second kappa shape index (κ2) is 7.33. The van der Waals surface area contributed by atoms with Gasteiger partial charge in [-0.05, 0) is 73.8 Å². The summed E-state index contributed by atoms with van der Waals surface area (Å²) in [6.45, 7) is -0.375. The van der Waals surface area contributed by atoms with E-state index in [0.29, 0.717) is 12.0 Å². The van der Waals surface area contributed by atoms with Crippen LogP contribution < -0.4 is 10.9 Å². The van der Waals surface area contributed by atoms with Crippen molar-refractivity contribution >= 4 is 17.8 Å². The summed E-state index contributed by atoms with van der Waals surface area (Å²) >= 11 is 0. The Kier molecular flexibility index (Phi) is 4.89. The molecule has 1 aromatic rings. The predicted octanol–water partition coefficient (Wildman–Crippen LogP) is 2.60. The van der Waals surface area contributed by atoms with Crippen LogP contribution in [0.15, 0.2) is 30.3 Å². The number of benzene rings is 1. The molecule has 2 amide bonds. The maximum absolute atomic E-state index is 12.3. The van der Waals surface area contributed by atoms with E-state index in [9.17, 15) is 14.4 Å². The predicted molar refractivity (Wildman–Crippen MR) is 98.2 cm³/mol. The Bertz CT molecular complexity index is 696. The summed E-state index contributed by atoms with van der Waals surface area (Å²) in [4.78, 5) is 36.0. The van der Waals surface area contributed by atoms with E-state index in [4.69, 9.17) is 4.74 Å². The van der Waals surface area contributed by atoms with Crippen molar-refractivity contribution < 1.29 is 19.1 Å². The maximum atomic E-state index is 12.3. The normalized spacial score (nSPS) is 30.6. The highest BCUT2D eigenvalue weighted by atomic mass is 16.5. The lowest BCUT2D eigenvalue weighted by atomic mass is 9.49. The first-order valence-electron chi connectivity index (χ1n) is 9.81. The van der Waals surface area contributed by atoms with E-state index >= 15 is 0 Å². The number of carbonyl (C=O) groups excluding carboxylic acids is 3. The van der Waals surface area contributed by atoms with Crippen LogP contribution in [0.1, 0.15) is 55.3 Å². The molecule has 2 N–H and O–H groups in total. The fourth-order valence-electron chi connectivity index (χ4n) is 5.83. The van der Waals surface area contributed by atoms with Crippen molar-refractivity contribution in [3.63, 3.8) is 0 Å². The molecule has 0 aliphatic heterocycles. The molecule has 4 fully saturated rings. The summed E-state index contributed by atoms with van der Waals surface area (Å²) in [7, 11) is 0. The van der Waals surface area contributed by atoms with Gasteiger partial charge in [0.1, 0.15) is 0 Å². The molecule has 4 bridgehead atoms. The van der Waals surface area contributed by atoms with Gasteiger partial charge in [-0.3, -0.25) is 25.2 Å². The van der Waals surface area contributed by atoms with E-state index in [2.05, 4.69) is 10.9 Å². The van der Waals surface area contributed by atoms with E-state index in [1.165, 1.54) is 19.3 Å². The molecule has 27 heavy (non-hydrogen) atoms. The molecule has 0 saturated heterocycles.